The van der Waals surface area contributed by atoms with Gasteiger partial charge in [0.1, 0.15) is 0 Å². The van der Waals surface area contributed by atoms with Gasteiger partial charge in [-0.1, -0.05) is 6.07 Å². The van der Waals surface area contributed by atoms with Gasteiger partial charge in [-0.25, -0.2) is 0 Å². The van der Waals surface area contributed by atoms with Crippen molar-refractivity contribution in [3.8, 4) is 0 Å². The van der Waals surface area contributed by atoms with Crippen LogP contribution in [0.5, 0.6) is 0 Å². The molecule has 1 heterocycles. The summed E-state index contributed by atoms with van der Waals surface area (Å²) in [5.41, 5.74) is 7.44. The Hall–Kier alpha value is -1.68. The predicted molar refractivity (Wildman–Crippen MR) is 66.2 cm³/mol. The molecule has 0 amide bonds. The Morgan fingerprint density at radius 1 is 1.19 bits per heavy atom. The van der Waals surface area contributed by atoms with Gasteiger partial charge in [0.05, 0.1) is 4.47 Å². The molecular weight excluding hydrogens is 268 g/mol. The fourth-order valence-corrected chi connectivity index (χ4v) is 1.83. The maximum absolute atomic E-state index is 12.1. The number of benzene rings is 1. The summed E-state index contributed by atoms with van der Waals surface area (Å²) in [6.45, 7) is 0. The van der Waals surface area contributed by atoms with Crippen LogP contribution in [0.4, 0.5) is 5.69 Å². The van der Waals surface area contributed by atoms with E-state index in [4.69, 9.17) is 5.73 Å². The fraction of sp³-hybridized carbons (Fsp3) is 0. The summed E-state index contributed by atoms with van der Waals surface area (Å²) in [7, 11) is 0. The molecular formula is C12H9BrN2O. The van der Waals surface area contributed by atoms with E-state index in [-0.39, 0.29) is 5.78 Å². The third-order valence-corrected chi connectivity index (χ3v) is 3.10. The minimum Gasteiger partial charge on any atom is -0.398 e. The minimum atomic E-state index is -0.0680. The molecule has 1 aromatic carbocycles. The normalized spacial score (nSPS) is 10.1. The Kier molecular flexibility index (Phi) is 3.01. The van der Waals surface area contributed by atoms with Crippen molar-refractivity contribution in [3.63, 3.8) is 0 Å². The molecule has 0 saturated carbocycles. The number of nitrogens with zero attached hydrogens (tertiary/aromatic N) is 1. The number of hydrogen-bond acceptors (Lipinski definition) is 3. The smallest absolute Gasteiger partial charge is 0.194 e. The topological polar surface area (TPSA) is 56.0 Å². The highest BCUT2D eigenvalue weighted by atomic mass is 79.9. The van der Waals surface area contributed by atoms with Gasteiger partial charge in [0, 0.05) is 29.2 Å². The van der Waals surface area contributed by atoms with Gasteiger partial charge in [-0.05, 0) is 40.2 Å². The average Bonchev–Trinajstić information content (AvgIpc) is 2.33. The number of nitrogens with two attached hydrogens (primary N) is 1. The highest BCUT2D eigenvalue weighted by molar-refractivity contribution is 9.10. The molecule has 2 aromatic rings. The summed E-state index contributed by atoms with van der Waals surface area (Å²) in [4.78, 5) is 16.0. The van der Waals surface area contributed by atoms with Gasteiger partial charge < -0.3 is 5.73 Å². The van der Waals surface area contributed by atoms with Crippen LogP contribution in [-0.4, -0.2) is 10.8 Å². The highest BCUT2D eigenvalue weighted by Gasteiger charge is 2.13. The minimum absolute atomic E-state index is 0.0680. The van der Waals surface area contributed by atoms with Crippen LogP contribution in [0.15, 0.2) is 47.2 Å². The monoisotopic (exact) mass is 276 g/mol. The van der Waals surface area contributed by atoms with Gasteiger partial charge in [0.2, 0.25) is 0 Å². The Bertz CT molecular complexity index is 526. The van der Waals surface area contributed by atoms with Crippen molar-refractivity contribution in [3.05, 3.63) is 58.3 Å². The first kappa shape index (κ1) is 10.8. The number of halogens is 1. The standard InChI is InChI=1S/C12H9BrN2O/c13-11-9(2-1-3-10(11)14)12(16)8-4-6-15-7-5-8/h1-7H,14H2. The zero-order chi connectivity index (χ0) is 11.5. The van der Waals surface area contributed by atoms with E-state index in [2.05, 4.69) is 20.9 Å². The summed E-state index contributed by atoms with van der Waals surface area (Å²) in [5, 5.41) is 0. The molecule has 16 heavy (non-hydrogen) atoms. The number of pyridine rings is 1. The highest BCUT2D eigenvalue weighted by Crippen LogP contribution is 2.25. The zero-order valence-electron chi connectivity index (χ0n) is 8.35. The van der Waals surface area contributed by atoms with E-state index in [0.29, 0.717) is 21.3 Å². The maximum atomic E-state index is 12.1. The number of aromatic nitrogens is 1. The van der Waals surface area contributed by atoms with Gasteiger partial charge in [0.15, 0.2) is 5.78 Å². The van der Waals surface area contributed by atoms with Crippen LogP contribution in [0, 0.1) is 0 Å². The maximum Gasteiger partial charge on any atom is 0.194 e. The second-order valence-electron chi connectivity index (χ2n) is 3.27. The molecule has 0 unspecified atom stereocenters. The lowest BCUT2D eigenvalue weighted by Gasteiger charge is -2.05. The number of carbonyl (C=O) groups excluding carboxylic acids is 1. The first-order valence-electron chi connectivity index (χ1n) is 4.69. The van der Waals surface area contributed by atoms with Crippen molar-refractivity contribution >= 4 is 27.4 Å². The molecule has 3 nitrogen and oxygen atoms in total. The molecule has 0 aliphatic carbocycles. The Balaban J connectivity index is 2.46. The second-order valence-corrected chi connectivity index (χ2v) is 4.07. The van der Waals surface area contributed by atoms with Crippen LogP contribution in [0.2, 0.25) is 0 Å². The van der Waals surface area contributed by atoms with Crippen molar-refractivity contribution < 1.29 is 4.79 Å². The van der Waals surface area contributed by atoms with E-state index in [1.165, 1.54) is 0 Å². The van der Waals surface area contributed by atoms with E-state index < -0.39 is 0 Å². The summed E-state index contributed by atoms with van der Waals surface area (Å²) >= 11 is 3.32. The Morgan fingerprint density at radius 3 is 2.56 bits per heavy atom. The quantitative estimate of drug-likeness (QED) is 0.678. The molecule has 0 aliphatic rings. The fourth-order valence-electron chi connectivity index (χ4n) is 1.38. The Morgan fingerprint density at radius 2 is 1.88 bits per heavy atom. The lowest BCUT2D eigenvalue weighted by Crippen LogP contribution is -2.03. The van der Waals surface area contributed by atoms with Crippen LogP contribution in [0.25, 0.3) is 0 Å². The average molecular weight is 277 g/mol. The predicted octanol–water partition coefficient (Wildman–Crippen LogP) is 2.66. The number of anilines is 1. The zero-order valence-corrected chi connectivity index (χ0v) is 9.94. The molecule has 0 saturated heterocycles. The molecule has 0 bridgehead atoms. The van der Waals surface area contributed by atoms with Crippen molar-refractivity contribution in [1.29, 1.82) is 0 Å². The lowest BCUT2D eigenvalue weighted by atomic mass is 10.0. The van der Waals surface area contributed by atoms with E-state index in [1.54, 1.807) is 42.7 Å². The van der Waals surface area contributed by atoms with Gasteiger partial charge in [-0.3, -0.25) is 9.78 Å². The van der Waals surface area contributed by atoms with E-state index in [0.717, 1.165) is 0 Å². The SMILES string of the molecule is Nc1cccc(C(=O)c2ccncc2)c1Br. The van der Waals surface area contributed by atoms with E-state index >= 15 is 0 Å². The van der Waals surface area contributed by atoms with Crippen LogP contribution < -0.4 is 5.73 Å². The number of nitrogen functional groups attached to an aromatic ring is 1. The molecule has 80 valence electrons. The molecule has 2 rings (SSSR count). The molecule has 1 aromatic heterocycles. The summed E-state index contributed by atoms with van der Waals surface area (Å²) in [6.07, 6.45) is 3.18. The molecule has 0 aliphatic heterocycles. The molecule has 0 fully saturated rings. The third kappa shape index (κ3) is 1.97. The van der Waals surface area contributed by atoms with Crippen LogP contribution in [0.1, 0.15) is 15.9 Å². The summed E-state index contributed by atoms with van der Waals surface area (Å²) in [6, 6.07) is 8.60. The van der Waals surface area contributed by atoms with Gasteiger partial charge in [0.25, 0.3) is 0 Å². The van der Waals surface area contributed by atoms with Gasteiger partial charge in [-0.15, -0.1) is 0 Å². The van der Waals surface area contributed by atoms with Crippen LogP contribution in [0.3, 0.4) is 0 Å². The summed E-state index contributed by atoms with van der Waals surface area (Å²) < 4.78 is 0.636. The number of rotatable bonds is 2. The Labute approximate surface area is 101 Å². The second kappa shape index (κ2) is 4.45. The van der Waals surface area contributed by atoms with Crippen molar-refractivity contribution in [1.82, 2.24) is 4.98 Å². The van der Waals surface area contributed by atoms with Crippen LogP contribution >= 0.6 is 15.9 Å². The van der Waals surface area contributed by atoms with Crippen molar-refractivity contribution in [2.24, 2.45) is 0 Å². The van der Waals surface area contributed by atoms with Crippen LogP contribution in [-0.2, 0) is 0 Å². The van der Waals surface area contributed by atoms with E-state index in [9.17, 15) is 4.79 Å². The molecule has 0 atom stereocenters. The third-order valence-electron chi connectivity index (χ3n) is 2.22. The molecule has 0 spiro atoms. The number of carbonyl (C=O) groups is 1. The summed E-state index contributed by atoms with van der Waals surface area (Å²) in [5.74, 6) is -0.0680. The largest absolute Gasteiger partial charge is 0.398 e. The molecule has 4 heteroatoms. The molecule has 0 radical (unpaired) electrons. The number of hydrogen-bond donors (Lipinski definition) is 1. The first-order valence-corrected chi connectivity index (χ1v) is 5.48. The van der Waals surface area contributed by atoms with Crippen molar-refractivity contribution in [2.45, 2.75) is 0 Å². The first-order chi connectivity index (χ1) is 7.70. The van der Waals surface area contributed by atoms with E-state index in [1.807, 2.05) is 0 Å². The van der Waals surface area contributed by atoms with Crippen molar-refractivity contribution in [2.75, 3.05) is 5.73 Å². The lowest BCUT2D eigenvalue weighted by molar-refractivity contribution is 0.103. The number of ketones is 1. The van der Waals surface area contributed by atoms with Gasteiger partial charge >= 0.3 is 0 Å². The van der Waals surface area contributed by atoms with Gasteiger partial charge in [-0.2, -0.15) is 0 Å². The molecule has 2 N–H and O–H groups in total.